The molecule has 0 spiro atoms. The summed E-state index contributed by atoms with van der Waals surface area (Å²) in [6.45, 7) is -0.0557. The monoisotopic (exact) mass is 664 g/mol. The molecule has 0 saturated carbocycles. The lowest BCUT2D eigenvalue weighted by Crippen LogP contribution is -2.57. The zero-order valence-electron chi connectivity index (χ0n) is 28.1. The summed E-state index contributed by atoms with van der Waals surface area (Å²) < 4.78 is 13.0. The van der Waals surface area contributed by atoms with Crippen molar-refractivity contribution < 1.29 is 9.47 Å². The van der Waals surface area contributed by atoms with Crippen molar-refractivity contribution >= 4 is 23.1 Å². The molecule has 0 amide bonds. The zero-order valence-corrected chi connectivity index (χ0v) is 28.1. The first-order valence-corrected chi connectivity index (χ1v) is 17.7. The molecule has 8 aromatic rings. The van der Waals surface area contributed by atoms with Crippen LogP contribution in [0.15, 0.2) is 164 Å². The van der Waals surface area contributed by atoms with Crippen molar-refractivity contribution in [2.45, 2.75) is 6.42 Å². The van der Waals surface area contributed by atoms with E-state index in [-0.39, 0.29) is 6.71 Å². The lowest BCUT2D eigenvalue weighted by atomic mass is 9.35. The molecule has 3 heterocycles. The van der Waals surface area contributed by atoms with Crippen molar-refractivity contribution in [1.29, 1.82) is 0 Å². The summed E-state index contributed by atoms with van der Waals surface area (Å²) in [5, 5.41) is 0. The summed E-state index contributed by atoms with van der Waals surface area (Å²) >= 11 is 0. The predicted octanol–water partition coefficient (Wildman–Crippen LogP) is 9.44. The van der Waals surface area contributed by atoms with Gasteiger partial charge in [0, 0.05) is 12.0 Å². The van der Waals surface area contributed by atoms with Gasteiger partial charge < -0.3 is 9.47 Å². The minimum absolute atomic E-state index is 0.0557. The third kappa shape index (κ3) is 4.49. The molecule has 0 bridgehead atoms. The van der Waals surface area contributed by atoms with Gasteiger partial charge in [-0.15, -0.1) is 0 Å². The second-order valence-corrected chi connectivity index (χ2v) is 13.6. The van der Waals surface area contributed by atoms with Crippen molar-refractivity contribution in [3.8, 4) is 79.2 Å². The molecule has 0 radical (unpaired) electrons. The zero-order chi connectivity index (χ0) is 34.2. The van der Waals surface area contributed by atoms with Gasteiger partial charge in [-0.25, -0.2) is 0 Å². The second kappa shape index (κ2) is 11.4. The van der Waals surface area contributed by atoms with Gasteiger partial charge in [0.25, 0.3) is 6.71 Å². The fourth-order valence-electron chi connectivity index (χ4n) is 8.33. The number of para-hydroxylation sites is 2. The summed E-state index contributed by atoms with van der Waals surface area (Å²) in [5.41, 5.74) is 16.4. The highest BCUT2D eigenvalue weighted by molar-refractivity contribution is 6.98. The van der Waals surface area contributed by atoms with Crippen LogP contribution in [0.5, 0.6) is 23.3 Å². The molecule has 0 atom stereocenters. The summed E-state index contributed by atoms with van der Waals surface area (Å²) in [5.74, 6) is 3.36. The van der Waals surface area contributed by atoms with Crippen LogP contribution in [-0.2, 0) is 6.42 Å². The van der Waals surface area contributed by atoms with Crippen LogP contribution in [0, 0.1) is 0 Å². The van der Waals surface area contributed by atoms with Gasteiger partial charge in [0.15, 0.2) is 5.82 Å². The molecule has 1 aliphatic carbocycles. The molecule has 52 heavy (non-hydrogen) atoms. The Hall–Kier alpha value is -6.72. The topological polar surface area (TPSA) is 44.2 Å². The fourth-order valence-corrected chi connectivity index (χ4v) is 8.33. The van der Waals surface area contributed by atoms with Gasteiger partial charge in [-0.2, -0.15) is 9.97 Å². The van der Waals surface area contributed by atoms with E-state index >= 15 is 0 Å². The summed E-state index contributed by atoms with van der Waals surface area (Å²) in [7, 11) is 0. The van der Waals surface area contributed by atoms with Gasteiger partial charge in [0.2, 0.25) is 11.8 Å². The minimum atomic E-state index is -0.0557. The summed E-state index contributed by atoms with van der Waals surface area (Å²) in [6.07, 6.45) is 0.777. The van der Waals surface area contributed by atoms with E-state index in [2.05, 4.69) is 140 Å². The van der Waals surface area contributed by atoms with Crippen molar-refractivity contribution in [1.82, 2.24) is 9.97 Å². The summed E-state index contributed by atoms with van der Waals surface area (Å²) in [4.78, 5) is 10.3. The molecule has 0 fully saturated rings. The van der Waals surface area contributed by atoms with Crippen molar-refractivity contribution in [3.05, 3.63) is 175 Å². The van der Waals surface area contributed by atoms with Gasteiger partial charge in [0.1, 0.15) is 11.5 Å². The molecule has 0 saturated heterocycles. The molecule has 242 valence electrons. The maximum absolute atomic E-state index is 6.51. The molecular formula is C47H29BN2O2. The number of nitrogens with zero attached hydrogens (tertiary/aromatic N) is 2. The Bertz CT molecular complexity index is 2650. The molecule has 5 heteroatoms. The average molecular weight is 665 g/mol. The van der Waals surface area contributed by atoms with Crippen LogP contribution in [0.2, 0.25) is 0 Å². The van der Waals surface area contributed by atoms with Crippen molar-refractivity contribution in [2.24, 2.45) is 0 Å². The lowest BCUT2D eigenvalue weighted by Gasteiger charge is -2.31. The Morgan fingerprint density at radius 3 is 1.56 bits per heavy atom. The molecule has 0 unspecified atom stereocenters. The van der Waals surface area contributed by atoms with Crippen LogP contribution in [0.25, 0.3) is 55.9 Å². The summed E-state index contributed by atoms with van der Waals surface area (Å²) in [6, 6.07) is 57.8. The van der Waals surface area contributed by atoms with E-state index in [1.807, 2.05) is 24.3 Å². The number of hydrogen-bond acceptors (Lipinski definition) is 4. The highest BCUT2D eigenvalue weighted by Crippen LogP contribution is 2.46. The fraction of sp³-hybridized carbons (Fsp3) is 0.0213. The highest BCUT2D eigenvalue weighted by atomic mass is 16.5. The average Bonchev–Trinajstić information content (AvgIpc) is 3.60. The SMILES string of the molecule is c1ccc(-c2ccc(-c3cccc(-c4cccc5c4Cc4c(-c6nc7c8c(n6)Oc6ccccc6B8c6ccccc6O7)cccc4-5)c3)cc2)cc1. The van der Waals surface area contributed by atoms with Crippen LogP contribution in [0.1, 0.15) is 11.1 Å². The Kier molecular flexibility index (Phi) is 6.37. The number of benzene rings is 7. The maximum atomic E-state index is 6.51. The standard InChI is InChI=1S/C47H29BN2O2/c1-2-11-29(12-3-1)30-23-25-31(26-24-30)32-13-8-14-33(27-32)34-15-9-16-35-36-17-10-18-37(39(36)28-38(34)35)45-49-46-44-47(50-45)52-43-22-7-5-20-41(43)48(44)40-19-4-6-21-42(40)51-46/h1-27H,28H2. The number of rotatable bonds is 4. The molecule has 7 aromatic carbocycles. The maximum Gasteiger partial charge on any atom is 0.265 e. The van der Waals surface area contributed by atoms with Gasteiger partial charge in [-0.3, -0.25) is 0 Å². The van der Waals surface area contributed by atoms with Gasteiger partial charge >= 0.3 is 0 Å². The van der Waals surface area contributed by atoms with E-state index in [0.717, 1.165) is 39.9 Å². The quantitative estimate of drug-likeness (QED) is 0.176. The second-order valence-electron chi connectivity index (χ2n) is 13.6. The Morgan fingerprint density at radius 2 is 0.885 bits per heavy atom. The smallest absolute Gasteiger partial charge is 0.265 e. The van der Waals surface area contributed by atoms with Crippen molar-refractivity contribution in [3.63, 3.8) is 0 Å². The Labute approximate surface area is 302 Å². The van der Waals surface area contributed by atoms with Crippen LogP contribution in [-0.4, -0.2) is 16.7 Å². The Balaban J connectivity index is 0.974. The predicted molar refractivity (Wildman–Crippen MR) is 210 cm³/mol. The molecule has 0 N–H and O–H groups in total. The van der Waals surface area contributed by atoms with E-state index in [0.29, 0.717) is 17.6 Å². The van der Waals surface area contributed by atoms with E-state index in [1.54, 1.807) is 0 Å². The largest absolute Gasteiger partial charge is 0.440 e. The third-order valence-electron chi connectivity index (χ3n) is 10.8. The highest BCUT2D eigenvalue weighted by Gasteiger charge is 2.42. The molecule has 2 aliphatic heterocycles. The Morgan fingerprint density at radius 1 is 0.404 bits per heavy atom. The first-order valence-electron chi connectivity index (χ1n) is 17.7. The van der Waals surface area contributed by atoms with Gasteiger partial charge in [-0.1, -0.05) is 146 Å². The molecule has 11 rings (SSSR count). The lowest BCUT2D eigenvalue weighted by molar-refractivity contribution is 0.439. The van der Waals surface area contributed by atoms with E-state index in [1.165, 1.54) is 55.6 Å². The minimum Gasteiger partial charge on any atom is -0.440 e. The van der Waals surface area contributed by atoms with Gasteiger partial charge in [-0.05, 0) is 84.8 Å². The third-order valence-corrected chi connectivity index (χ3v) is 10.8. The van der Waals surface area contributed by atoms with Gasteiger partial charge in [0.05, 0.1) is 5.46 Å². The van der Waals surface area contributed by atoms with Crippen molar-refractivity contribution in [2.75, 3.05) is 0 Å². The number of aromatic nitrogens is 2. The van der Waals surface area contributed by atoms with E-state index in [4.69, 9.17) is 19.4 Å². The number of fused-ring (bicyclic) bond motifs is 7. The van der Waals surface area contributed by atoms with Crippen LogP contribution in [0.4, 0.5) is 0 Å². The normalized spacial score (nSPS) is 12.8. The van der Waals surface area contributed by atoms with Crippen LogP contribution in [0.3, 0.4) is 0 Å². The molecule has 3 aliphatic rings. The first kappa shape index (κ1) is 29.1. The van der Waals surface area contributed by atoms with E-state index < -0.39 is 0 Å². The molecule has 4 nitrogen and oxygen atoms in total. The molecule has 1 aromatic heterocycles. The van der Waals surface area contributed by atoms with E-state index in [9.17, 15) is 0 Å². The van der Waals surface area contributed by atoms with Crippen LogP contribution < -0.4 is 25.9 Å². The molecular weight excluding hydrogens is 635 g/mol. The first-order chi connectivity index (χ1) is 25.8. The number of ether oxygens (including phenoxy) is 2. The number of hydrogen-bond donors (Lipinski definition) is 0. The van der Waals surface area contributed by atoms with Crippen LogP contribution >= 0.6 is 0 Å².